The number of thiazole rings is 1. The summed E-state index contributed by atoms with van der Waals surface area (Å²) < 4.78 is 20.2. The zero-order chi connectivity index (χ0) is 22.4. The van der Waals surface area contributed by atoms with Gasteiger partial charge in [-0.1, -0.05) is 51.1 Å². The second kappa shape index (κ2) is 10.5. The van der Waals surface area contributed by atoms with Crippen LogP contribution in [0, 0.1) is 5.82 Å². The molecule has 3 aromatic rings. The predicted molar refractivity (Wildman–Crippen MR) is 123 cm³/mol. The number of rotatable bonds is 9. The normalized spacial score (nSPS) is 12.1. The third-order valence-electron chi connectivity index (χ3n) is 5.31. The van der Waals surface area contributed by atoms with Crippen LogP contribution in [0.1, 0.15) is 66.7 Å². The number of carbonyl (C=O) groups excluding carboxylic acids is 1. The summed E-state index contributed by atoms with van der Waals surface area (Å²) in [5, 5.41) is 2.79. The van der Waals surface area contributed by atoms with Crippen molar-refractivity contribution in [1.29, 1.82) is 0 Å². The topological polar surface area (TPSA) is 42.4 Å². The lowest BCUT2D eigenvalue weighted by molar-refractivity contribution is 0.0664. The molecule has 2 aromatic carbocycles. The summed E-state index contributed by atoms with van der Waals surface area (Å²) in [5.41, 5.74) is 2.04. The number of ether oxygens (including phenoxy) is 1. The predicted octanol–water partition coefficient (Wildman–Crippen LogP) is 6.43. The molecule has 0 spiro atoms. The van der Waals surface area contributed by atoms with E-state index < -0.39 is 5.82 Å². The number of halogens is 1. The smallest absolute Gasteiger partial charge is 0.257 e. The van der Waals surface area contributed by atoms with E-state index in [1.165, 1.54) is 23.5 Å². The van der Waals surface area contributed by atoms with Crippen molar-refractivity contribution in [2.45, 2.75) is 59.2 Å². The van der Waals surface area contributed by atoms with E-state index in [2.05, 4.69) is 24.9 Å². The molecule has 0 N–H and O–H groups in total. The number of benzene rings is 2. The molecule has 0 radical (unpaired) electrons. The summed E-state index contributed by atoms with van der Waals surface area (Å²) in [4.78, 5) is 19.4. The largest absolute Gasteiger partial charge is 0.486 e. The Balaban J connectivity index is 1.72. The van der Waals surface area contributed by atoms with Crippen molar-refractivity contribution in [1.82, 2.24) is 9.88 Å². The maximum Gasteiger partial charge on any atom is 0.257 e. The minimum Gasteiger partial charge on any atom is -0.486 e. The highest BCUT2D eigenvalue weighted by atomic mass is 32.1. The fraction of sp³-hybridized carbons (Fsp3) is 0.360. The van der Waals surface area contributed by atoms with E-state index in [0.717, 1.165) is 28.4 Å². The van der Waals surface area contributed by atoms with Crippen LogP contribution in [0.3, 0.4) is 0 Å². The molecule has 0 saturated heterocycles. The van der Waals surface area contributed by atoms with E-state index in [1.807, 2.05) is 37.4 Å². The molecule has 0 fully saturated rings. The van der Waals surface area contributed by atoms with Crippen LogP contribution in [0.25, 0.3) is 0 Å². The van der Waals surface area contributed by atoms with Gasteiger partial charge in [0.2, 0.25) is 0 Å². The highest BCUT2D eigenvalue weighted by molar-refractivity contribution is 7.09. The van der Waals surface area contributed by atoms with E-state index >= 15 is 0 Å². The summed E-state index contributed by atoms with van der Waals surface area (Å²) in [6.07, 6.45) is 0.770. The Kier molecular flexibility index (Phi) is 7.80. The third-order valence-corrected chi connectivity index (χ3v) is 6.18. The zero-order valence-corrected chi connectivity index (χ0v) is 19.3. The van der Waals surface area contributed by atoms with Crippen molar-refractivity contribution in [3.63, 3.8) is 0 Å². The lowest BCUT2D eigenvalue weighted by Crippen LogP contribution is -2.38. The summed E-state index contributed by atoms with van der Waals surface area (Å²) in [7, 11) is 0. The van der Waals surface area contributed by atoms with Gasteiger partial charge in [-0.15, -0.1) is 11.3 Å². The van der Waals surface area contributed by atoms with Crippen molar-refractivity contribution in [2.24, 2.45) is 0 Å². The lowest BCUT2D eigenvalue weighted by atomic mass is 10.0. The number of carbonyl (C=O) groups is 1. The van der Waals surface area contributed by atoms with Gasteiger partial charge in [0.25, 0.3) is 5.91 Å². The van der Waals surface area contributed by atoms with E-state index in [4.69, 9.17) is 4.74 Å². The van der Waals surface area contributed by atoms with E-state index in [1.54, 1.807) is 17.0 Å². The fourth-order valence-corrected chi connectivity index (χ4v) is 4.02. The zero-order valence-electron chi connectivity index (χ0n) is 18.5. The molecule has 31 heavy (non-hydrogen) atoms. The van der Waals surface area contributed by atoms with E-state index in [0.29, 0.717) is 19.1 Å². The average molecular weight is 441 g/mol. The van der Waals surface area contributed by atoms with Crippen LogP contribution >= 0.6 is 11.3 Å². The van der Waals surface area contributed by atoms with Crippen molar-refractivity contribution in [3.05, 3.63) is 81.6 Å². The number of para-hydroxylation sites is 1. The van der Waals surface area contributed by atoms with Crippen LogP contribution < -0.4 is 4.74 Å². The highest BCUT2D eigenvalue weighted by Gasteiger charge is 2.24. The van der Waals surface area contributed by atoms with Gasteiger partial charge in [-0.05, 0) is 43.0 Å². The van der Waals surface area contributed by atoms with Crippen LogP contribution in [0.4, 0.5) is 4.39 Å². The number of amides is 1. The standard InChI is InChI=1S/C25H29FN2O2S/c1-5-18(4)28(25(29)21-11-6-8-12-22(21)26)14-19-16-31-24(27-19)15-30-23-13-9-7-10-20(23)17(2)3/h6-13,16-18H,5,14-15H2,1-4H3/t18-/m0/s1. The second-order valence-electron chi connectivity index (χ2n) is 7.88. The van der Waals surface area contributed by atoms with Gasteiger partial charge < -0.3 is 9.64 Å². The molecule has 4 nitrogen and oxygen atoms in total. The fourth-order valence-electron chi connectivity index (χ4n) is 3.33. The lowest BCUT2D eigenvalue weighted by Gasteiger charge is -2.28. The molecule has 1 atom stereocenters. The molecular formula is C25H29FN2O2S. The Bertz CT molecular complexity index is 1020. The van der Waals surface area contributed by atoms with Crippen LogP contribution in [0.5, 0.6) is 5.75 Å². The first kappa shape index (κ1) is 22.9. The molecule has 1 heterocycles. The van der Waals surface area contributed by atoms with Crippen LogP contribution in [0.2, 0.25) is 0 Å². The minimum atomic E-state index is -0.503. The SMILES string of the molecule is CC[C@H](C)N(Cc1csc(COc2ccccc2C(C)C)n1)C(=O)c1ccccc1F. The first-order chi connectivity index (χ1) is 14.9. The second-order valence-corrected chi connectivity index (χ2v) is 8.83. The molecule has 6 heteroatoms. The number of aromatic nitrogens is 1. The summed E-state index contributed by atoms with van der Waals surface area (Å²) >= 11 is 1.51. The molecule has 0 aliphatic heterocycles. The molecule has 1 amide bonds. The van der Waals surface area contributed by atoms with Crippen molar-refractivity contribution in [2.75, 3.05) is 0 Å². The van der Waals surface area contributed by atoms with Crippen LogP contribution in [0.15, 0.2) is 53.9 Å². The van der Waals surface area contributed by atoms with Gasteiger partial charge in [0.1, 0.15) is 23.2 Å². The first-order valence-corrected chi connectivity index (χ1v) is 11.5. The van der Waals surface area contributed by atoms with Gasteiger partial charge >= 0.3 is 0 Å². The van der Waals surface area contributed by atoms with Gasteiger partial charge in [0.05, 0.1) is 17.8 Å². The Hall–Kier alpha value is -2.73. The van der Waals surface area contributed by atoms with Gasteiger partial charge in [-0.25, -0.2) is 9.37 Å². The van der Waals surface area contributed by atoms with Gasteiger partial charge in [0.15, 0.2) is 0 Å². The molecule has 1 aromatic heterocycles. The summed E-state index contributed by atoms with van der Waals surface area (Å²) in [6.45, 7) is 8.97. The molecule has 0 unspecified atom stereocenters. The summed E-state index contributed by atoms with van der Waals surface area (Å²) in [6, 6.07) is 14.1. The Morgan fingerprint density at radius 3 is 2.55 bits per heavy atom. The number of hydrogen-bond donors (Lipinski definition) is 0. The monoisotopic (exact) mass is 440 g/mol. The van der Waals surface area contributed by atoms with Crippen molar-refractivity contribution < 1.29 is 13.9 Å². The van der Waals surface area contributed by atoms with Crippen LogP contribution in [-0.4, -0.2) is 21.8 Å². The minimum absolute atomic E-state index is 0.0357. The maximum absolute atomic E-state index is 14.2. The maximum atomic E-state index is 14.2. The molecule has 3 rings (SSSR count). The van der Waals surface area contributed by atoms with Crippen molar-refractivity contribution in [3.8, 4) is 5.75 Å². The highest BCUT2D eigenvalue weighted by Crippen LogP contribution is 2.27. The van der Waals surface area contributed by atoms with E-state index in [-0.39, 0.29) is 17.5 Å². The molecule has 0 aliphatic rings. The average Bonchev–Trinajstić information content (AvgIpc) is 3.23. The molecule has 0 saturated carbocycles. The Morgan fingerprint density at radius 1 is 1.13 bits per heavy atom. The van der Waals surface area contributed by atoms with Gasteiger partial charge in [-0.3, -0.25) is 4.79 Å². The molecule has 0 bridgehead atoms. The van der Waals surface area contributed by atoms with Gasteiger partial charge in [0, 0.05) is 11.4 Å². The van der Waals surface area contributed by atoms with Gasteiger partial charge in [-0.2, -0.15) is 0 Å². The molecule has 164 valence electrons. The first-order valence-electron chi connectivity index (χ1n) is 10.6. The summed E-state index contributed by atoms with van der Waals surface area (Å²) in [5.74, 6) is 0.419. The Morgan fingerprint density at radius 2 is 1.84 bits per heavy atom. The third kappa shape index (κ3) is 5.70. The van der Waals surface area contributed by atoms with Crippen molar-refractivity contribution >= 4 is 17.2 Å². The molecular weight excluding hydrogens is 411 g/mol. The number of hydrogen-bond acceptors (Lipinski definition) is 4. The molecule has 0 aliphatic carbocycles. The number of nitrogens with zero attached hydrogens (tertiary/aromatic N) is 2. The van der Waals surface area contributed by atoms with E-state index in [9.17, 15) is 9.18 Å². The Labute approximate surface area is 187 Å². The van der Waals surface area contributed by atoms with Crippen LogP contribution in [-0.2, 0) is 13.2 Å². The quantitative estimate of drug-likeness (QED) is 0.385.